The number of hydrogen-bond acceptors (Lipinski definition) is 3. The largest absolute Gasteiger partial charge is 0.496 e. The van der Waals surface area contributed by atoms with Gasteiger partial charge in [-0.15, -0.1) is 0 Å². The molecule has 1 aliphatic heterocycles. The Morgan fingerprint density at radius 3 is 2.83 bits per heavy atom. The van der Waals surface area contributed by atoms with Crippen LogP contribution in [0.2, 0.25) is 0 Å². The Kier molecular flexibility index (Phi) is 6.64. The number of benzene rings is 1. The van der Waals surface area contributed by atoms with E-state index in [9.17, 15) is 9.59 Å². The molecule has 0 saturated carbocycles. The molecule has 5 heteroatoms. The number of likely N-dealkylation sites (tertiary alicyclic amines) is 1. The molecule has 1 aromatic rings. The van der Waals surface area contributed by atoms with Gasteiger partial charge in [0.05, 0.1) is 13.0 Å². The fraction of sp³-hybridized carbons (Fsp3) is 0.579. The third kappa shape index (κ3) is 4.98. The van der Waals surface area contributed by atoms with Crippen LogP contribution in [0.5, 0.6) is 5.75 Å². The zero-order chi connectivity index (χ0) is 17.5. The predicted molar refractivity (Wildman–Crippen MR) is 93.8 cm³/mol. The van der Waals surface area contributed by atoms with Crippen molar-refractivity contribution in [2.75, 3.05) is 26.7 Å². The minimum atomic E-state index is -0.220. The van der Waals surface area contributed by atoms with Crippen LogP contribution in [0.15, 0.2) is 24.3 Å². The van der Waals surface area contributed by atoms with Gasteiger partial charge in [-0.1, -0.05) is 32.0 Å². The monoisotopic (exact) mass is 332 g/mol. The molecule has 2 amide bonds. The third-order valence-electron chi connectivity index (χ3n) is 4.45. The van der Waals surface area contributed by atoms with Gasteiger partial charge in [0.25, 0.3) is 0 Å². The van der Waals surface area contributed by atoms with Crippen molar-refractivity contribution in [3.05, 3.63) is 29.8 Å². The molecule has 1 N–H and O–H groups in total. The molecule has 0 bridgehead atoms. The molecule has 1 atom stereocenters. The lowest BCUT2D eigenvalue weighted by molar-refractivity contribution is -0.129. The first-order chi connectivity index (χ1) is 11.5. The SMILES string of the molecule is COc1ccccc1CCN1CC(C(=O)NCCC(C)C)CC1=O. The molecule has 1 fully saturated rings. The lowest BCUT2D eigenvalue weighted by Gasteiger charge is -2.17. The molecule has 0 spiro atoms. The van der Waals surface area contributed by atoms with Crippen LogP contribution in [0.25, 0.3) is 0 Å². The first-order valence-electron chi connectivity index (χ1n) is 8.68. The fourth-order valence-electron chi connectivity index (χ4n) is 2.96. The van der Waals surface area contributed by atoms with Crippen molar-refractivity contribution >= 4 is 11.8 Å². The number of methoxy groups -OCH3 is 1. The summed E-state index contributed by atoms with van der Waals surface area (Å²) >= 11 is 0. The number of nitrogens with one attached hydrogen (secondary N) is 1. The van der Waals surface area contributed by atoms with Crippen molar-refractivity contribution < 1.29 is 14.3 Å². The summed E-state index contributed by atoms with van der Waals surface area (Å²) in [4.78, 5) is 26.1. The van der Waals surface area contributed by atoms with Crippen molar-refractivity contribution in [3.63, 3.8) is 0 Å². The molecule has 5 nitrogen and oxygen atoms in total. The Labute approximate surface area is 144 Å². The van der Waals surface area contributed by atoms with Crippen molar-refractivity contribution in [1.29, 1.82) is 0 Å². The molecule has 1 aromatic carbocycles. The average Bonchev–Trinajstić information content (AvgIpc) is 2.94. The Balaban J connectivity index is 1.83. The zero-order valence-corrected chi connectivity index (χ0v) is 14.9. The highest BCUT2D eigenvalue weighted by atomic mass is 16.5. The maximum atomic E-state index is 12.2. The number of carbonyl (C=O) groups is 2. The van der Waals surface area contributed by atoms with E-state index in [0.717, 1.165) is 24.2 Å². The van der Waals surface area contributed by atoms with Gasteiger partial charge >= 0.3 is 0 Å². The van der Waals surface area contributed by atoms with Gasteiger partial charge in [0, 0.05) is 26.1 Å². The van der Waals surface area contributed by atoms with E-state index in [4.69, 9.17) is 4.74 Å². The van der Waals surface area contributed by atoms with Crippen LogP contribution in [0, 0.1) is 11.8 Å². The summed E-state index contributed by atoms with van der Waals surface area (Å²) in [6, 6.07) is 7.83. The molecule has 2 rings (SSSR count). The van der Waals surface area contributed by atoms with Crippen LogP contribution in [-0.4, -0.2) is 43.5 Å². The van der Waals surface area contributed by atoms with E-state index in [1.54, 1.807) is 12.0 Å². The van der Waals surface area contributed by atoms with E-state index in [-0.39, 0.29) is 17.7 Å². The predicted octanol–water partition coefficient (Wildman–Crippen LogP) is 2.25. The highest BCUT2D eigenvalue weighted by Crippen LogP contribution is 2.21. The van der Waals surface area contributed by atoms with Gasteiger partial charge in [0.2, 0.25) is 11.8 Å². The van der Waals surface area contributed by atoms with Crippen LogP contribution in [0.3, 0.4) is 0 Å². The fourth-order valence-corrected chi connectivity index (χ4v) is 2.96. The Hall–Kier alpha value is -2.04. The Morgan fingerprint density at radius 1 is 1.38 bits per heavy atom. The van der Waals surface area contributed by atoms with Gasteiger partial charge in [-0.05, 0) is 30.4 Å². The summed E-state index contributed by atoms with van der Waals surface area (Å²) in [5, 5.41) is 2.95. The standard InChI is InChI=1S/C19H28N2O3/c1-14(2)8-10-20-19(23)16-12-18(22)21(13-16)11-9-15-6-4-5-7-17(15)24-3/h4-7,14,16H,8-13H2,1-3H3,(H,20,23). The van der Waals surface area contributed by atoms with Crippen LogP contribution in [0.1, 0.15) is 32.3 Å². The second-order valence-corrected chi connectivity index (χ2v) is 6.78. The number of hydrogen-bond donors (Lipinski definition) is 1. The molecule has 1 saturated heterocycles. The van der Waals surface area contributed by atoms with E-state index < -0.39 is 0 Å². The van der Waals surface area contributed by atoms with E-state index in [1.165, 1.54) is 0 Å². The first-order valence-corrected chi connectivity index (χ1v) is 8.68. The van der Waals surface area contributed by atoms with Crippen LogP contribution in [0.4, 0.5) is 0 Å². The smallest absolute Gasteiger partial charge is 0.225 e. The van der Waals surface area contributed by atoms with Crippen LogP contribution in [-0.2, 0) is 16.0 Å². The molecule has 1 aliphatic rings. The summed E-state index contributed by atoms with van der Waals surface area (Å²) in [6.07, 6.45) is 2.01. The Morgan fingerprint density at radius 2 is 2.12 bits per heavy atom. The van der Waals surface area contributed by atoms with Crippen LogP contribution >= 0.6 is 0 Å². The molecule has 0 radical (unpaired) electrons. The van der Waals surface area contributed by atoms with Crippen molar-refractivity contribution in [3.8, 4) is 5.75 Å². The van der Waals surface area contributed by atoms with Crippen molar-refractivity contribution in [2.24, 2.45) is 11.8 Å². The number of amides is 2. The van der Waals surface area contributed by atoms with E-state index in [2.05, 4.69) is 19.2 Å². The van der Waals surface area contributed by atoms with Crippen molar-refractivity contribution in [2.45, 2.75) is 33.1 Å². The maximum absolute atomic E-state index is 12.2. The molecule has 132 valence electrons. The topological polar surface area (TPSA) is 58.6 Å². The number of carbonyl (C=O) groups excluding carboxylic acids is 2. The minimum Gasteiger partial charge on any atom is -0.496 e. The second-order valence-electron chi connectivity index (χ2n) is 6.78. The van der Waals surface area contributed by atoms with Gasteiger partial charge in [-0.2, -0.15) is 0 Å². The number of rotatable bonds is 8. The summed E-state index contributed by atoms with van der Waals surface area (Å²) in [5.41, 5.74) is 1.08. The summed E-state index contributed by atoms with van der Waals surface area (Å²) < 4.78 is 5.34. The Bertz CT molecular complexity index is 571. The average molecular weight is 332 g/mol. The highest BCUT2D eigenvalue weighted by Gasteiger charge is 2.33. The quantitative estimate of drug-likeness (QED) is 0.794. The molecule has 1 heterocycles. The summed E-state index contributed by atoms with van der Waals surface area (Å²) in [5.74, 6) is 1.25. The maximum Gasteiger partial charge on any atom is 0.225 e. The van der Waals surface area contributed by atoms with Gasteiger partial charge in [-0.3, -0.25) is 9.59 Å². The zero-order valence-electron chi connectivity index (χ0n) is 14.9. The van der Waals surface area contributed by atoms with E-state index >= 15 is 0 Å². The normalized spacial score (nSPS) is 17.4. The number of para-hydroxylation sites is 1. The number of ether oxygens (including phenoxy) is 1. The lowest BCUT2D eigenvalue weighted by Crippen LogP contribution is -2.34. The minimum absolute atomic E-state index is 0.00351. The summed E-state index contributed by atoms with van der Waals surface area (Å²) in [7, 11) is 1.65. The van der Waals surface area contributed by atoms with Crippen molar-refractivity contribution in [1.82, 2.24) is 10.2 Å². The molecule has 1 unspecified atom stereocenters. The third-order valence-corrected chi connectivity index (χ3v) is 4.45. The van der Waals surface area contributed by atoms with E-state index in [0.29, 0.717) is 32.0 Å². The van der Waals surface area contributed by atoms with E-state index in [1.807, 2.05) is 24.3 Å². The van der Waals surface area contributed by atoms with Crippen LogP contribution < -0.4 is 10.1 Å². The van der Waals surface area contributed by atoms with Gasteiger partial charge in [-0.25, -0.2) is 0 Å². The molecular formula is C19H28N2O3. The van der Waals surface area contributed by atoms with Gasteiger partial charge < -0.3 is 15.0 Å². The molecule has 0 aromatic heterocycles. The number of nitrogens with zero attached hydrogens (tertiary/aromatic N) is 1. The summed E-state index contributed by atoms with van der Waals surface area (Å²) in [6.45, 7) is 6.08. The lowest BCUT2D eigenvalue weighted by atomic mass is 10.1. The second kappa shape index (κ2) is 8.71. The highest BCUT2D eigenvalue weighted by molar-refractivity contribution is 5.89. The molecule has 0 aliphatic carbocycles. The molecule has 24 heavy (non-hydrogen) atoms. The van der Waals surface area contributed by atoms with Gasteiger partial charge in [0.1, 0.15) is 5.75 Å². The van der Waals surface area contributed by atoms with Gasteiger partial charge in [0.15, 0.2) is 0 Å². The molecular weight excluding hydrogens is 304 g/mol. The first kappa shape index (κ1) is 18.3.